The molecule has 31 heavy (non-hydrogen) atoms. The third kappa shape index (κ3) is 5.10. The molecule has 3 aromatic rings. The van der Waals surface area contributed by atoms with Gasteiger partial charge in [0.2, 0.25) is 5.91 Å². The minimum Gasteiger partial charge on any atom is -0.334 e. The van der Waals surface area contributed by atoms with Crippen LogP contribution in [-0.2, 0) is 11.3 Å². The molecule has 1 amide bonds. The molecule has 1 heterocycles. The van der Waals surface area contributed by atoms with Crippen LogP contribution in [0.5, 0.6) is 0 Å². The van der Waals surface area contributed by atoms with Crippen LogP contribution in [0.1, 0.15) is 43.7 Å². The Hall–Kier alpha value is -2.38. The molecule has 0 radical (unpaired) electrons. The lowest BCUT2D eigenvalue weighted by Crippen LogP contribution is -2.34. The van der Waals surface area contributed by atoms with Crippen LogP contribution in [0, 0.1) is 5.82 Å². The molecular weight excluding hydrogens is 435 g/mol. The normalized spacial score (nSPS) is 13.6. The lowest BCUT2D eigenvalue weighted by Gasteiger charge is -2.23. The average Bonchev–Trinajstić information content (AvgIpc) is 3.48. The van der Waals surface area contributed by atoms with Gasteiger partial charge in [0.05, 0.1) is 12.3 Å². The molecule has 0 unspecified atom stereocenters. The number of carbonyl (C=O) groups excluding carboxylic acids is 1. The first-order valence-electron chi connectivity index (χ1n) is 10.3. The molecule has 4 rings (SSSR count). The van der Waals surface area contributed by atoms with Crippen molar-refractivity contribution in [3.8, 4) is 5.69 Å². The highest BCUT2D eigenvalue weighted by atomic mass is 35.5. The quantitative estimate of drug-likeness (QED) is 0.420. The number of thioether (sulfide) groups is 1. The molecular formula is C23H24ClFN4OS. The van der Waals surface area contributed by atoms with Crippen molar-refractivity contribution >= 4 is 29.3 Å². The molecule has 1 aliphatic rings. The van der Waals surface area contributed by atoms with E-state index in [2.05, 4.69) is 36.2 Å². The van der Waals surface area contributed by atoms with Crippen LogP contribution in [0.25, 0.3) is 5.69 Å². The summed E-state index contributed by atoms with van der Waals surface area (Å²) in [6, 6.07) is 13.0. The Labute approximate surface area is 190 Å². The maximum Gasteiger partial charge on any atom is 0.233 e. The van der Waals surface area contributed by atoms with Gasteiger partial charge in [-0.25, -0.2) is 4.39 Å². The summed E-state index contributed by atoms with van der Waals surface area (Å²) >= 11 is 7.51. The van der Waals surface area contributed by atoms with Gasteiger partial charge in [0.15, 0.2) is 5.16 Å². The Morgan fingerprint density at radius 3 is 2.65 bits per heavy atom. The molecule has 1 fully saturated rings. The molecule has 162 valence electrons. The van der Waals surface area contributed by atoms with Gasteiger partial charge < -0.3 is 4.90 Å². The summed E-state index contributed by atoms with van der Waals surface area (Å²) in [4.78, 5) is 14.7. The Morgan fingerprint density at radius 1 is 1.26 bits per heavy atom. The van der Waals surface area contributed by atoms with E-state index in [0.717, 1.165) is 18.5 Å². The predicted octanol–water partition coefficient (Wildman–Crippen LogP) is 5.47. The fourth-order valence-electron chi connectivity index (χ4n) is 3.39. The molecule has 2 aromatic carbocycles. The van der Waals surface area contributed by atoms with E-state index in [0.29, 0.717) is 21.7 Å². The third-order valence-electron chi connectivity index (χ3n) is 5.38. The number of hydrogen-bond donors (Lipinski definition) is 0. The van der Waals surface area contributed by atoms with E-state index in [4.69, 9.17) is 11.6 Å². The second kappa shape index (κ2) is 9.40. The molecule has 8 heteroatoms. The second-order valence-electron chi connectivity index (χ2n) is 7.97. The van der Waals surface area contributed by atoms with Crippen molar-refractivity contribution < 1.29 is 9.18 Å². The summed E-state index contributed by atoms with van der Waals surface area (Å²) in [5.41, 5.74) is 2.57. The number of amides is 1. The van der Waals surface area contributed by atoms with Gasteiger partial charge in [0.1, 0.15) is 12.1 Å². The van der Waals surface area contributed by atoms with E-state index in [9.17, 15) is 9.18 Å². The molecule has 1 saturated carbocycles. The van der Waals surface area contributed by atoms with E-state index < -0.39 is 0 Å². The van der Waals surface area contributed by atoms with Crippen LogP contribution in [-0.4, -0.2) is 37.4 Å². The van der Waals surface area contributed by atoms with Crippen LogP contribution in [0.3, 0.4) is 0 Å². The molecule has 0 atom stereocenters. The monoisotopic (exact) mass is 458 g/mol. The zero-order valence-electron chi connectivity index (χ0n) is 17.5. The summed E-state index contributed by atoms with van der Waals surface area (Å²) in [5, 5.41) is 9.18. The summed E-state index contributed by atoms with van der Waals surface area (Å²) < 4.78 is 16.1. The van der Waals surface area contributed by atoms with Crippen LogP contribution < -0.4 is 0 Å². The maximum absolute atomic E-state index is 14.2. The molecule has 0 aliphatic heterocycles. The summed E-state index contributed by atoms with van der Waals surface area (Å²) in [6.45, 7) is 4.49. The third-order valence-corrected chi connectivity index (χ3v) is 6.66. The van der Waals surface area contributed by atoms with Crippen molar-refractivity contribution in [3.63, 3.8) is 0 Å². The van der Waals surface area contributed by atoms with E-state index in [1.165, 1.54) is 23.4 Å². The first-order valence-corrected chi connectivity index (χ1v) is 11.7. The average molecular weight is 459 g/mol. The zero-order chi connectivity index (χ0) is 22.0. The van der Waals surface area contributed by atoms with Crippen molar-refractivity contribution in [1.29, 1.82) is 0 Å². The van der Waals surface area contributed by atoms with Gasteiger partial charge >= 0.3 is 0 Å². The lowest BCUT2D eigenvalue weighted by atomic mass is 10.0. The minimum absolute atomic E-state index is 0.0588. The van der Waals surface area contributed by atoms with Crippen molar-refractivity contribution in [2.75, 3.05) is 5.75 Å². The Kier molecular flexibility index (Phi) is 6.62. The molecule has 1 aromatic heterocycles. The van der Waals surface area contributed by atoms with Gasteiger partial charge in [-0.3, -0.25) is 9.36 Å². The Morgan fingerprint density at radius 2 is 2.00 bits per heavy atom. The van der Waals surface area contributed by atoms with E-state index in [-0.39, 0.29) is 30.1 Å². The molecule has 0 saturated heterocycles. The second-order valence-corrected chi connectivity index (χ2v) is 9.32. The predicted molar refractivity (Wildman–Crippen MR) is 121 cm³/mol. The minimum atomic E-state index is -0.386. The fourth-order valence-corrected chi connectivity index (χ4v) is 4.43. The number of hydrogen-bond acceptors (Lipinski definition) is 4. The molecule has 1 aliphatic carbocycles. The summed E-state index contributed by atoms with van der Waals surface area (Å²) in [6.07, 6.45) is 3.51. The van der Waals surface area contributed by atoms with Crippen LogP contribution in [0.15, 0.2) is 53.9 Å². The van der Waals surface area contributed by atoms with Crippen molar-refractivity contribution in [1.82, 2.24) is 19.7 Å². The summed E-state index contributed by atoms with van der Waals surface area (Å²) in [5.74, 6) is 0.211. The lowest BCUT2D eigenvalue weighted by molar-refractivity contribution is -0.129. The van der Waals surface area contributed by atoms with Gasteiger partial charge in [-0.05, 0) is 48.6 Å². The van der Waals surface area contributed by atoms with Gasteiger partial charge in [-0.15, -0.1) is 10.2 Å². The number of carbonyl (C=O) groups is 1. The number of rotatable bonds is 8. The van der Waals surface area contributed by atoms with Crippen LogP contribution in [0.4, 0.5) is 4.39 Å². The molecule has 0 spiro atoms. The Balaban J connectivity index is 1.45. The topological polar surface area (TPSA) is 51.0 Å². The van der Waals surface area contributed by atoms with Gasteiger partial charge in [-0.1, -0.05) is 55.4 Å². The van der Waals surface area contributed by atoms with Gasteiger partial charge in [0, 0.05) is 22.3 Å². The first-order chi connectivity index (χ1) is 14.9. The fraction of sp³-hybridized carbons (Fsp3) is 0.348. The van der Waals surface area contributed by atoms with Gasteiger partial charge in [-0.2, -0.15) is 0 Å². The summed E-state index contributed by atoms with van der Waals surface area (Å²) in [7, 11) is 0. The largest absolute Gasteiger partial charge is 0.334 e. The van der Waals surface area contributed by atoms with Crippen LogP contribution in [0.2, 0.25) is 5.02 Å². The molecule has 0 bridgehead atoms. The molecule has 0 N–H and O–H groups in total. The maximum atomic E-state index is 14.2. The highest BCUT2D eigenvalue weighted by Gasteiger charge is 2.33. The Bertz CT molecular complexity index is 1050. The number of nitrogens with zero attached hydrogens (tertiary/aromatic N) is 4. The molecule has 5 nitrogen and oxygen atoms in total. The van der Waals surface area contributed by atoms with Crippen molar-refractivity contribution in [2.24, 2.45) is 0 Å². The first kappa shape index (κ1) is 21.8. The smallest absolute Gasteiger partial charge is 0.233 e. The van der Waals surface area contributed by atoms with E-state index >= 15 is 0 Å². The highest BCUT2D eigenvalue weighted by Crippen LogP contribution is 2.32. The van der Waals surface area contributed by atoms with Crippen molar-refractivity contribution in [2.45, 2.75) is 50.4 Å². The van der Waals surface area contributed by atoms with Crippen LogP contribution >= 0.6 is 23.4 Å². The van der Waals surface area contributed by atoms with E-state index in [1.807, 2.05) is 16.7 Å². The van der Waals surface area contributed by atoms with E-state index in [1.54, 1.807) is 23.4 Å². The van der Waals surface area contributed by atoms with Crippen molar-refractivity contribution in [3.05, 3.63) is 70.8 Å². The highest BCUT2D eigenvalue weighted by molar-refractivity contribution is 7.99. The van der Waals surface area contributed by atoms with Gasteiger partial charge in [0.25, 0.3) is 0 Å². The zero-order valence-corrected chi connectivity index (χ0v) is 19.0. The number of aromatic nitrogens is 3. The SMILES string of the molecule is CC(C)c1ccc(-n2cnnc2SCC(=O)N(Cc2c(F)cccc2Cl)C2CC2)cc1. The standard InChI is InChI=1S/C23H24ClFN4OS/c1-15(2)16-6-8-18(9-7-16)29-14-26-27-23(29)31-13-22(30)28(17-10-11-17)12-19-20(24)4-3-5-21(19)25/h3-9,14-15,17H,10-13H2,1-2H3. The number of benzene rings is 2. The number of halogens is 2.